The molecule has 1 N–H and O–H groups in total. The fraction of sp³-hybridized carbons (Fsp3) is 1.00. The van der Waals surface area contributed by atoms with Crippen LogP contribution >= 0.6 is 0 Å². The number of sulfone groups is 1. The van der Waals surface area contributed by atoms with Crippen LogP contribution < -0.4 is 5.32 Å². The highest BCUT2D eigenvalue weighted by Crippen LogP contribution is 2.17. The summed E-state index contributed by atoms with van der Waals surface area (Å²) in [7, 11) is -3.09. The molecule has 0 saturated heterocycles. The second-order valence-electron chi connectivity index (χ2n) is 3.27. The third-order valence-electron chi connectivity index (χ3n) is 1.69. The number of nitrogens with one attached hydrogen (secondary N) is 1. The zero-order valence-electron chi connectivity index (χ0n) is 8.60. The van der Waals surface area contributed by atoms with Gasteiger partial charge in [-0.15, -0.1) is 0 Å². The number of rotatable bonds is 7. The van der Waals surface area contributed by atoms with E-state index >= 15 is 0 Å². The maximum absolute atomic E-state index is 11.7. The summed E-state index contributed by atoms with van der Waals surface area (Å²) in [4.78, 5) is 0. The van der Waals surface area contributed by atoms with Gasteiger partial charge in [0.2, 0.25) is 0 Å². The molecule has 0 aliphatic carbocycles. The Balaban J connectivity index is 3.55. The molecule has 0 radical (unpaired) electrons. The first-order valence-electron chi connectivity index (χ1n) is 4.75. The van der Waals surface area contributed by atoms with E-state index in [1.165, 1.54) is 0 Å². The fourth-order valence-corrected chi connectivity index (χ4v) is 2.28. The third kappa shape index (κ3) is 9.99. The molecule has 15 heavy (non-hydrogen) atoms. The van der Waals surface area contributed by atoms with Crippen LogP contribution in [0.25, 0.3) is 0 Å². The van der Waals surface area contributed by atoms with E-state index in [0.29, 0.717) is 6.42 Å². The number of hydrogen-bond donors (Lipinski definition) is 1. The number of halogens is 3. The average Bonchev–Trinajstić information content (AvgIpc) is 2.00. The molecule has 0 aromatic rings. The highest BCUT2D eigenvalue weighted by atomic mass is 32.2. The molecule has 0 atom stereocenters. The van der Waals surface area contributed by atoms with Gasteiger partial charge in [-0.2, -0.15) is 13.2 Å². The molecule has 3 nitrogen and oxygen atoms in total. The maximum Gasteiger partial charge on any atom is 0.390 e. The molecule has 0 aliphatic heterocycles. The van der Waals surface area contributed by atoms with Crippen LogP contribution in [-0.4, -0.2) is 39.2 Å². The van der Waals surface area contributed by atoms with Crippen molar-refractivity contribution in [2.75, 3.05) is 24.6 Å². The third-order valence-corrected chi connectivity index (χ3v) is 3.55. The van der Waals surface area contributed by atoms with Gasteiger partial charge >= 0.3 is 6.18 Å². The Kier molecular flexibility index (Phi) is 6.19. The molecule has 0 aliphatic rings. The topological polar surface area (TPSA) is 46.2 Å². The van der Waals surface area contributed by atoms with Gasteiger partial charge in [0.05, 0.1) is 12.2 Å². The molecule has 0 bridgehead atoms. The minimum Gasteiger partial charge on any atom is -0.315 e. The monoisotopic (exact) mass is 247 g/mol. The van der Waals surface area contributed by atoms with Crippen molar-refractivity contribution in [3.8, 4) is 0 Å². The zero-order valence-corrected chi connectivity index (χ0v) is 9.42. The Morgan fingerprint density at radius 3 is 2.20 bits per heavy atom. The molecule has 0 heterocycles. The molecule has 7 heteroatoms. The van der Waals surface area contributed by atoms with Crippen LogP contribution in [0.3, 0.4) is 0 Å². The SMILES string of the molecule is CCCS(=O)(=O)CCNCCC(F)(F)F. The smallest absolute Gasteiger partial charge is 0.315 e. The molecular weight excluding hydrogens is 231 g/mol. The van der Waals surface area contributed by atoms with E-state index in [9.17, 15) is 21.6 Å². The van der Waals surface area contributed by atoms with Crippen molar-refractivity contribution in [2.45, 2.75) is 25.9 Å². The van der Waals surface area contributed by atoms with E-state index in [4.69, 9.17) is 0 Å². The second-order valence-corrected chi connectivity index (χ2v) is 5.57. The lowest BCUT2D eigenvalue weighted by atomic mass is 10.4. The molecule has 0 rings (SSSR count). The average molecular weight is 247 g/mol. The normalized spacial score (nSPS) is 13.1. The number of hydrogen-bond acceptors (Lipinski definition) is 3. The van der Waals surface area contributed by atoms with Gasteiger partial charge < -0.3 is 5.32 Å². The van der Waals surface area contributed by atoms with Crippen LogP contribution in [0.1, 0.15) is 19.8 Å². The summed E-state index contributed by atoms with van der Waals surface area (Å²) >= 11 is 0. The van der Waals surface area contributed by atoms with E-state index < -0.39 is 22.4 Å². The summed E-state index contributed by atoms with van der Waals surface area (Å²) < 4.78 is 57.3. The lowest BCUT2D eigenvalue weighted by Gasteiger charge is -2.07. The Morgan fingerprint density at radius 2 is 1.73 bits per heavy atom. The summed E-state index contributed by atoms with van der Waals surface area (Å²) in [5.41, 5.74) is 0. The van der Waals surface area contributed by atoms with Crippen molar-refractivity contribution in [3.05, 3.63) is 0 Å². The zero-order chi connectivity index (χ0) is 11.9. The first kappa shape index (κ1) is 14.7. The molecule has 0 saturated carbocycles. The van der Waals surface area contributed by atoms with Crippen LogP contribution in [0, 0.1) is 0 Å². The van der Waals surface area contributed by atoms with Crippen molar-refractivity contribution in [1.82, 2.24) is 5.32 Å². The fourth-order valence-electron chi connectivity index (χ4n) is 0.996. The standard InChI is InChI=1S/C8H16F3NO2S/c1-2-6-15(13,14)7-5-12-4-3-8(9,10)11/h12H,2-7H2,1H3. The Hall–Kier alpha value is -0.300. The molecule has 0 aromatic carbocycles. The van der Waals surface area contributed by atoms with E-state index in [-0.39, 0.29) is 24.6 Å². The Labute approximate surface area is 88.0 Å². The predicted molar refractivity (Wildman–Crippen MR) is 52.5 cm³/mol. The van der Waals surface area contributed by atoms with Crippen LogP contribution in [0.5, 0.6) is 0 Å². The summed E-state index contributed by atoms with van der Waals surface area (Å²) in [6.45, 7) is 1.60. The summed E-state index contributed by atoms with van der Waals surface area (Å²) in [5.74, 6) is -0.00729. The van der Waals surface area contributed by atoms with Crippen LogP contribution in [0.4, 0.5) is 13.2 Å². The van der Waals surface area contributed by atoms with Gasteiger partial charge in [-0.25, -0.2) is 8.42 Å². The molecule has 92 valence electrons. The van der Waals surface area contributed by atoms with Gasteiger partial charge in [0.1, 0.15) is 0 Å². The highest BCUT2D eigenvalue weighted by molar-refractivity contribution is 7.91. The molecule has 0 spiro atoms. The Bertz CT molecular complexity index is 262. The van der Waals surface area contributed by atoms with E-state index in [0.717, 1.165) is 0 Å². The van der Waals surface area contributed by atoms with Crippen LogP contribution in [0.2, 0.25) is 0 Å². The van der Waals surface area contributed by atoms with E-state index in [2.05, 4.69) is 5.32 Å². The van der Waals surface area contributed by atoms with Gasteiger partial charge in [-0.05, 0) is 6.42 Å². The molecule has 0 aromatic heterocycles. The van der Waals surface area contributed by atoms with Crippen molar-refractivity contribution in [3.63, 3.8) is 0 Å². The quantitative estimate of drug-likeness (QED) is 0.691. The summed E-state index contributed by atoms with van der Waals surface area (Å²) in [6, 6.07) is 0. The minimum absolute atomic E-state index is 0.0818. The first-order valence-corrected chi connectivity index (χ1v) is 6.57. The number of alkyl halides is 3. The largest absolute Gasteiger partial charge is 0.390 e. The van der Waals surface area contributed by atoms with Gasteiger partial charge in [0, 0.05) is 18.8 Å². The highest BCUT2D eigenvalue weighted by Gasteiger charge is 2.25. The second kappa shape index (κ2) is 6.32. The van der Waals surface area contributed by atoms with Gasteiger partial charge in [0.15, 0.2) is 9.84 Å². The molecule has 0 fully saturated rings. The molecular formula is C8H16F3NO2S. The van der Waals surface area contributed by atoms with E-state index in [1.807, 2.05) is 0 Å². The predicted octanol–water partition coefficient (Wildman–Crippen LogP) is 1.35. The van der Waals surface area contributed by atoms with Gasteiger partial charge in [0.25, 0.3) is 0 Å². The molecule has 0 unspecified atom stereocenters. The summed E-state index contributed by atoms with van der Waals surface area (Å²) in [5, 5.41) is 2.46. The van der Waals surface area contributed by atoms with E-state index in [1.54, 1.807) is 6.92 Å². The first-order chi connectivity index (χ1) is 6.77. The molecule has 0 amide bonds. The maximum atomic E-state index is 11.7. The van der Waals surface area contributed by atoms with Gasteiger partial charge in [-0.1, -0.05) is 6.92 Å². The van der Waals surface area contributed by atoms with Crippen molar-refractivity contribution in [1.29, 1.82) is 0 Å². The van der Waals surface area contributed by atoms with Crippen molar-refractivity contribution < 1.29 is 21.6 Å². The Morgan fingerprint density at radius 1 is 1.13 bits per heavy atom. The summed E-state index contributed by atoms with van der Waals surface area (Å²) in [6.07, 6.45) is -4.58. The van der Waals surface area contributed by atoms with Crippen LogP contribution in [0.15, 0.2) is 0 Å². The van der Waals surface area contributed by atoms with Crippen molar-refractivity contribution in [2.24, 2.45) is 0 Å². The lowest BCUT2D eigenvalue weighted by molar-refractivity contribution is -0.133. The van der Waals surface area contributed by atoms with Crippen LogP contribution in [-0.2, 0) is 9.84 Å². The van der Waals surface area contributed by atoms with Gasteiger partial charge in [-0.3, -0.25) is 0 Å². The minimum atomic E-state index is -4.19. The lowest BCUT2D eigenvalue weighted by Crippen LogP contribution is -2.27. The van der Waals surface area contributed by atoms with Crippen molar-refractivity contribution >= 4 is 9.84 Å².